The highest BCUT2D eigenvalue weighted by Gasteiger charge is 2.48. The molecular weight excluding hydrogens is 282 g/mol. The van der Waals surface area contributed by atoms with Gasteiger partial charge < -0.3 is 0 Å². The Morgan fingerprint density at radius 2 is 2.31 bits per heavy atom. The van der Waals surface area contributed by atoms with Gasteiger partial charge in [-0.05, 0) is 41.5 Å². The fourth-order valence-electron chi connectivity index (χ4n) is 1.28. The summed E-state index contributed by atoms with van der Waals surface area (Å²) >= 11 is 1.91. The molecule has 0 N–H and O–H groups in total. The van der Waals surface area contributed by atoms with Gasteiger partial charge in [-0.25, -0.2) is 4.39 Å². The number of halogens is 2. The monoisotopic (exact) mass is 288 g/mol. The van der Waals surface area contributed by atoms with Gasteiger partial charge in [0.1, 0.15) is 5.41 Å². The second kappa shape index (κ2) is 2.91. The molecule has 1 aliphatic rings. The number of rotatable bonds is 1. The molecule has 1 aromatic heterocycles. The average Bonchev–Trinajstić information content (AvgIpc) is 2.90. The highest BCUT2D eigenvalue weighted by molar-refractivity contribution is 14.1. The van der Waals surface area contributed by atoms with Gasteiger partial charge in [-0.1, -0.05) is 0 Å². The van der Waals surface area contributed by atoms with Crippen molar-refractivity contribution < 1.29 is 4.39 Å². The third-order valence-electron chi connectivity index (χ3n) is 2.26. The summed E-state index contributed by atoms with van der Waals surface area (Å²) in [6, 6.07) is 3.73. The molecule has 1 heterocycles. The van der Waals surface area contributed by atoms with E-state index < -0.39 is 5.41 Å². The minimum absolute atomic E-state index is 0.321. The van der Waals surface area contributed by atoms with Gasteiger partial charge in [-0.15, -0.1) is 0 Å². The summed E-state index contributed by atoms with van der Waals surface area (Å²) in [6.45, 7) is 0. The predicted molar refractivity (Wildman–Crippen MR) is 53.4 cm³/mol. The smallest absolute Gasteiger partial charge is 0.159 e. The molecule has 1 fully saturated rings. The van der Waals surface area contributed by atoms with Crippen LogP contribution in [0.5, 0.6) is 0 Å². The average molecular weight is 288 g/mol. The first-order valence-corrected chi connectivity index (χ1v) is 4.99. The van der Waals surface area contributed by atoms with Crippen LogP contribution in [0.4, 0.5) is 4.39 Å². The van der Waals surface area contributed by atoms with Gasteiger partial charge in [0, 0.05) is 6.20 Å². The van der Waals surface area contributed by atoms with Gasteiger partial charge in [0.15, 0.2) is 5.82 Å². The Balaban J connectivity index is 2.54. The van der Waals surface area contributed by atoms with Crippen molar-refractivity contribution in [1.29, 1.82) is 5.26 Å². The lowest BCUT2D eigenvalue weighted by Crippen LogP contribution is -2.09. The van der Waals surface area contributed by atoms with E-state index in [2.05, 4.69) is 11.1 Å². The van der Waals surface area contributed by atoms with Crippen molar-refractivity contribution >= 4 is 22.6 Å². The van der Waals surface area contributed by atoms with Crippen LogP contribution in [0, 0.1) is 20.7 Å². The van der Waals surface area contributed by atoms with E-state index in [9.17, 15) is 4.39 Å². The third kappa shape index (κ3) is 1.31. The molecule has 0 aliphatic heterocycles. The minimum atomic E-state index is -0.620. The van der Waals surface area contributed by atoms with E-state index >= 15 is 0 Å². The molecular formula is C9H6FIN2. The minimum Gasteiger partial charge on any atom is -0.256 e. The van der Waals surface area contributed by atoms with Crippen LogP contribution >= 0.6 is 22.6 Å². The van der Waals surface area contributed by atoms with Crippen molar-refractivity contribution in [2.45, 2.75) is 18.3 Å². The van der Waals surface area contributed by atoms with Crippen LogP contribution in [-0.2, 0) is 5.41 Å². The van der Waals surface area contributed by atoms with Crippen molar-refractivity contribution in [3.8, 4) is 6.07 Å². The second-order valence-corrected chi connectivity index (χ2v) is 4.31. The van der Waals surface area contributed by atoms with E-state index in [4.69, 9.17) is 5.26 Å². The van der Waals surface area contributed by atoms with Crippen LogP contribution in [0.1, 0.15) is 18.5 Å². The van der Waals surface area contributed by atoms with Crippen LogP contribution in [0.2, 0.25) is 0 Å². The molecule has 0 unspecified atom stereocenters. The van der Waals surface area contributed by atoms with Gasteiger partial charge in [-0.3, -0.25) is 4.98 Å². The van der Waals surface area contributed by atoms with Gasteiger partial charge in [-0.2, -0.15) is 5.26 Å². The maximum atomic E-state index is 13.5. The summed E-state index contributed by atoms with van der Waals surface area (Å²) in [6.07, 6.45) is 3.01. The summed E-state index contributed by atoms with van der Waals surface area (Å²) in [5.41, 5.74) is -0.299. The van der Waals surface area contributed by atoms with Gasteiger partial charge in [0.2, 0.25) is 0 Å². The number of hydrogen-bond donors (Lipinski definition) is 0. The largest absolute Gasteiger partial charge is 0.256 e. The standard InChI is InChI=1S/C9H6FIN2/c10-7-6(11)1-4-13-8(7)9(5-12)2-3-9/h1,4H,2-3H2. The molecule has 0 radical (unpaired) electrons. The summed E-state index contributed by atoms with van der Waals surface area (Å²) in [5, 5.41) is 8.87. The van der Waals surface area contributed by atoms with E-state index in [1.54, 1.807) is 12.3 Å². The molecule has 0 spiro atoms. The number of nitrogens with zero attached hydrogens (tertiary/aromatic N) is 2. The maximum Gasteiger partial charge on any atom is 0.159 e. The molecule has 1 aliphatic carbocycles. The van der Waals surface area contributed by atoms with E-state index in [1.165, 1.54) is 0 Å². The Morgan fingerprint density at radius 3 is 2.85 bits per heavy atom. The highest BCUT2D eigenvalue weighted by Crippen LogP contribution is 2.47. The fraction of sp³-hybridized carbons (Fsp3) is 0.333. The molecule has 0 aromatic carbocycles. The first-order valence-electron chi connectivity index (χ1n) is 3.91. The zero-order valence-corrected chi connectivity index (χ0v) is 8.88. The summed E-state index contributed by atoms with van der Waals surface area (Å²) in [5.74, 6) is -0.331. The van der Waals surface area contributed by atoms with Crippen molar-refractivity contribution in [2.75, 3.05) is 0 Å². The second-order valence-electron chi connectivity index (χ2n) is 3.15. The van der Waals surface area contributed by atoms with Crippen LogP contribution in [0.15, 0.2) is 12.3 Å². The van der Waals surface area contributed by atoms with Crippen LogP contribution < -0.4 is 0 Å². The topological polar surface area (TPSA) is 36.7 Å². The quantitative estimate of drug-likeness (QED) is 0.744. The van der Waals surface area contributed by atoms with E-state index in [0.29, 0.717) is 9.26 Å². The molecule has 0 amide bonds. The van der Waals surface area contributed by atoms with Gasteiger partial charge in [0.25, 0.3) is 0 Å². The SMILES string of the molecule is N#CC1(c2nccc(I)c2F)CC1. The molecule has 0 atom stereocenters. The zero-order valence-electron chi connectivity index (χ0n) is 6.72. The van der Waals surface area contributed by atoms with E-state index in [-0.39, 0.29) is 5.82 Å². The molecule has 4 heteroatoms. The van der Waals surface area contributed by atoms with Crippen molar-refractivity contribution in [3.05, 3.63) is 27.3 Å². The summed E-state index contributed by atoms with van der Waals surface area (Å²) < 4.78 is 14.0. The maximum absolute atomic E-state index is 13.5. The van der Waals surface area contributed by atoms with Crippen LogP contribution in [0.25, 0.3) is 0 Å². The summed E-state index contributed by atoms with van der Waals surface area (Å²) in [4.78, 5) is 3.94. The molecule has 1 saturated carbocycles. The molecule has 2 rings (SSSR count). The fourth-order valence-corrected chi connectivity index (χ4v) is 1.70. The Bertz CT molecular complexity index is 393. The van der Waals surface area contributed by atoms with Gasteiger partial charge >= 0.3 is 0 Å². The number of nitriles is 1. The van der Waals surface area contributed by atoms with Crippen LogP contribution in [-0.4, -0.2) is 4.98 Å². The zero-order chi connectivity index (χ0) is 9.47. The lowest BCUT2D eigenvalue weighted by atomic mass is 10.0. The van der Waals surface area contributed by atoms with Gasteiger partial charge in [0.05, 0.1) is 15.3 Å². The predicted octanol–water partition coefficient (Wildman–Crippen LogP) is 2.38. The normalized spacial score (nSPS) is 17.9. The Morgan fingerprint density at radius 1 is 1.62 bits per heavy atom. The number of hydrogen-bond acceptors (Lipinski definition) is 2. The van der Waals surface area contributed by atoms with E-state index in [1.807, 2.05) is 22.6 Å². The van der Waals surface area contributed by atoms with Crippen LogP contribution in [0.3, 0.4) is 0 Å². The first kappa shape index (κ1) is 8.88. The van der Waals surface area contributed by atoms with Crippen molar-refractivity contribution in [2.24, 2.45) is 0 Å². The highest BCUT2D eigenvalue weighted by atomic mass is 127. The first-order chi connectivity index (χ1) is 6.19. The molecule has 66 valence electrons. The lowest BCUT2D eigenvalue weighted by molar-refractivity contribution is 0.578. The molecule has 1 aromatic rings. The molecule has 0 saturated heterocycles. The summed E-state index contributed by atoms with van der Waals surface area (Å²) in [7, 11) is 0. The molecule has 13 heavy (non-hydrogen) atoms. The number of pyridine rings is 1. The third-order valence-corrected chi connectivity index (χ3v) is 3.09. The number of aromatic nitrogens is 1. The van der Waals surface area contributed by atoms with E-state index in [0.717, 1.165) is 12.8 Å². The lowest BCUT2D eigenvalue weighted by Gasteiger charge is -2.06. The van der Waals surface area contributed by atoms with Crippen molar-refractivity contribution in [1.82, 2.24) is 4.98 Å². The Hall–Kier alpha value is -0.700. The Kier molecular flexibility index (Phi) is 1.99. The Labute approximate surface area is 88.9 Å². The molecule has 0 bridgehead atoms. The molecule has 2 nitrogen and oxygen atoms in total. The van der Waals surface area contributed by atoms with Crippen molar-refractivity contribution in [3.63, 3.8) is 0 Å².